The number of fused-ring (bicyclic) bond motifs is 2. The second-order valence-electron chi connectivity index (χ2n) is 6.17. The Morgan fingerprint density at radius 2 is 1.62 bits per heavy atom. The van der Waals surface area contributed by atoms with Gasteiger partial charge in [-0.25, -0.2) is 4.63 Å². The summed E-state index contributed by atoms with van der Waals surface area (Å²) in [6.45, 7) is 0. The van der Waals surface area contributed by atoms with Crippen LogP contribution in [-0.2, 0) is 7.05 Å². The van der Waals surface area contributed by atoms with Crippen molar-refractivity contribution in [1.82, 2.24) is 19.9 Å². The van der Waals surface area contributed by atoms with Crippen molar-refractivity contribution in [2.75, 3.05) is 0 Å². The zero-order chi connectivity index (χ0) is 17.8. The first kappa shape index (κ1) is 15.8. The first-order valence-corrected chi connectivity index (χ1v) is 9.55. The van der Waals surface area contributed by atoms with Gasteiger partial charge in [-0.15, -0.1) is 0 Å². The maximum atomic E-state index is 5.14. The summed E-state index contributed by atoms with van der Waals surface area (Å²) in [4.78, 5) is 3.29. The van der Waals surface area contributed by atoms with Crippen molar-refractivity contribution in [3.05, 3.63) is 57.7 Å². The van der Waals surface area contributed by atoms with Gasteiger partial charge in [-0.05, 0) is 46.7 Å². The molecule has 0 aliphatic heterocycles. The highest BCUT2D eigenvalue weighted by atomic mass is 79.9. The summed E-state index contributed by atoms with van der Waals surface area (Å²) in [5.74, 6) is 0. The highest BCUT2D eigenvalue weighted by molar-refractivity contribution is 9.10. The molecule has 5 aromatic rings. The van der Waals surface area contributed by atoms with E-state index in [2.05, 4.69) is 76.1 Å². The fourth-order valence-electron chi connectivity index (χ4n) is 3.38. The molecule has 0 spiro atoms. The molecule has 0 aliphatic rings. The number of halogens is 2. The van der Waals surface area contributed by atoms with Gasteiger partial charge in [-0.3, -0.25) is 0 Å². The Bertz CT molecular complexity index is 1280. The van der Waals surface area contributed by atoms with Gasteiger partial charge in [0.05, 0.1) is 0 Å². The summed E-state index contributed by atoms with van der Waals surface area (Å²) >= 11 is 7.10. The van der Waals surface area contributed by atoms with E-state index in [4.69, 9.17) is 4.63 Å². The van der Waals surface area contributed by atoms with Crippen LogP contribution in [0, 0.1) is 0 Å². The number of benzene rings is 2. The number of H-pyrrole nitrogens is 1. The van der Waals surface area contributed by atoms with Gasteiger partial charge in [0.15, 0.2) is 0 Å². The van der Waals surface area contributed by atoms with E-state index in [-0.39, 0.29) is 0 Å². The Balaban J connectivity index is 1.78. The maximum absolute atomic E-state index is 5.14. The number of nitrogens with one attached hydrogen (secondary N) is 1. The fourth-order valence-corrected chi connectivity index (χ4v) is 4.11. The number of aromatic nitrogens is 4. The molecule has 0 saturated heterocycles. The first-order chi connectivity index (χ1) is 12.6. The third-order valence-electron chi connectivity index (χ3n) is 4.59. The third kappa shape index (κ3) is 2.34. The van der Waals surface area contributed by atoms with Crippen LogP contribution in [0.25, 0.3) is 44.3 Å². The molecule has 26 heavy (non-hydrogen) atoms. The lowest BCUT2D eigenvalue weighted by atomic mass is 10.0. The highest BCUT2D eigenvalue weighted by Gasteiger charge is 2.21. The molecule has 3 aromatic heterocycles. The summed E-state index contributed by atoms with van der Waals surface area (Å²) in [5.41, 5.74) is 5.57. The number of nitrogens with zero attached hydrogens (tertiary/aromatic N) is 3. The minimum Gasteiger partial charge on any atom is -0.360 e. The van der Waals surface area contributed by atoms with Crippen molar-refractivity contribution in [3.8, 4) is 22.5 Å². The van der Waals surface area contributed by atoms with Crippen molar-refractivity contribution >= 4 is 53.7 Å². The number of rotatable bonds is 2. The molecule has 0 fully saturated rings. The molecule has 0 atom stereocenters. The SMILES string of the molecule is Cn1cc(-c2nonc2-c2c[nH]c3ccc(Br)cc23)c2cc(Br)ccc21. The van der Waals surface area contributed by atoms with Crippen LogP contribution in [0.5, 0.6) is 0 Å². The Kier molecular flexibility index (Phi) is 3.55. The minimum atomic E-state index is 0.724. The van der Waals surface area contributed by atoms with Crippen molar-refractivity contribution in [3.63, 3.8) is 0 Å². The molecule has 1 N–H and O–H groups in total. The molecular formula is C19H12Br2N4O. The van der Waals surface area contributed by atoms with Crippen LogP contribution in [0.2, 0.25) is 0 Å². The number of hydrogen-bond donors (Lipinski definition) is 1. The van der Waals surface area contributed by atoms with E-state index < -0.39 is 0 Å². The van der Waals surface area contributed by atoms with E-state index in [1.54, 1.807) is 0 Å². The molecular weight excluding hydrogens is 460 g/mol. The van der Waals surface area contributed by atoms with E-state index in [1.165, 1.54) is 0 Å². The second kappa shape index (κ2) is 5.82. The molecule has 3 heterocycles. The Morgan fingerprint density at radius 3 is 2.42 bits per heavy atom. The first-order valence-electron chi connectivity index (χ1n) is 7.96. The number of aryl methyl sites for hydroxylation is 1. The van der Waals surface area contributed by atoms with Crippen LogP contribution in [0.3, 0.4) is 0 Å². The van der Waals surface area contributed by atoms with Crippen LogP contribution >= 0.6 is 31.9 Å². The van der Waals surface area contributed by atoms with E-state index in [0.717, 1.165) is 53.3 Å². The lowest BCUT2D eigenvalue weighted by Crippen LogP contribution is -1.83. The molecule has 0 bridgehead atoms. The van der Waals surface area contributed by atoms with Crippen molar-refractivity contribution in [2.24, 2.45) is 7.05 Å². The molecule has 0 aliphatic carbocycles. The van der Waals surface area contributed by atoms with E-state index >= 15 is 0 Å². The van der Waals surface area contributed by atoms with Gasteiger partial charge in [-0.1, -0.05) is 31.9 Å². The van der Waals surface area contributed by atoms with Crippen LogP contribution in [-0.4, -0.2) is 19.9 Å². The second-order valence-corrected chi connectivity index (χ2v) is 8.00. The van der Waals surface area contributed by atoms with Crippen LogP contribution < -0.4 is 0 Å². The summed E-state index contributed by atoms with van der Waals surface area (Å²) < 4.78 is 9.26. The zero-order valence-electron chi connectivity index (χ0n) is 13.6. The summed E-state index contributed by atoms with van der Waals surface area (Å²) in [6, 6.07) is 12.3. The topological polar surface area (TPSA) is 59.6 Å². The van der Waals surface area contributed by atoms with Gasteiger partial charge in [0.2, 0.25) is 0 Å². The molecule has 128 valence electrons. The van der Waals surface area contributed by atoms with Gasteiger partial charge in [0, 0.05) is 61.3 Å². The quantitative estimate of drug-likeness (QED) is 0.348. The van der Waals surface area contributed by atoms with Crippen LogP contribution in [0.1, 0.15) is 0 Å². The molecule has 0 saturated carbocycles. The van der Waals surface area contributed by atoms with Gasteiger partial charge < -0.3 is 9.55 Å². The molecule has 0 amide bonds. The lowest BCUT2D eigenvalue weighted by Gasteiger charge is -1.99. The predicted molar refractivity (Wildman–Crippen MR) is 109 cm³/mol. The average molecular weight is 472 g/mol. The van der Waals surface area contributed by atoms with Crippen molar-refractivity contribution < 1.29 is 4.63 Å². The normalized spacial score (nSPS) is 11.7. The smallest absolute Gasteiger partial charge is 0.145 e. The molecule has 0 unspecified atom stereocenters. The number of aromatic amines is 1. The predicted octanol–water partition coefficient (Wildman–Crippen LogP) is 5.90. The summed E-state index contributed by atoms with van der Waals surface area (Å²) in [7, 11) is 2.02. The largest absolute Gasteiger partial charge is 0.360 e. The molecule has 2 aromatic carbocycles. The van der Waals surface area contributed by atoms with Gasteiger partial charge in [-0.2, -0.15) is 0 Å². The zero-order valence-corrected chi connectivity index (χ0v) is 16.8. The van der Waals surface area contributed by atoms with Crippen LogP contribution in [0.15, 0.2) is 62.4 Å². The molecule has 5 nitrogen and oxygen atoms in total. The summed E-state index contributed by atoms with van der Waals surface area (Å²) in [6.07, 6.45) is 4.01. The fraction of sp³-hybridized carbons (Fsp3) is 0.0526. The van der Waals surface area contributed by atoms with Crippen LogP contribution in [0.4, 0.5) is 0 Å². The molecule has 5 rings (SSSR count). The third-order valence-corrected chi connectivity index (χ3v) is 5.58. The molecule has 7 heteroatoms. The standard InChI is InChI=1S/C19H12Br2N4O/c1-25-9-15(13-7-11(21)3-5-17(13)25)19-18(23-26-24-19)14-8-22-16-4-2-10(20)6-12(14)16/h2-9,22H,1H3. The monoisotopic (exact) mass is 470 g/mol. The maximum Gasteiger partial charge on any atom is 0.145 e. The van der Waals surface area contributed by atoms with E-state index in [1.807, 2.05) is 31.4 Å². The van der Waals surface area contributed by atoms with E-state index in [0.29, 0.717) is 0 Å². The lowest BCUT2D eigenvalue weighted by molar-refractivity contribution is 0.310. The minimum absolute atomic E-state index is 0.724. The summed E-state index contributed by atoms with van der Waals surface area (Å²) in [5, 5.41) is 10.6. The van der Waals surface area contributed by atoms with E-state index in [9.17, 15) is 0 Å². The Hall–Kier alpha value is -2.38. The van der Waals surface area contributed by atoms with Gasteiger partial charge in [0.25, 0.3) is 0 Å². The van der Waals surface area contributed by atoms with Gasteiger partial charge >= 0.3 is 0 Å². The van der Waals surface area contributed by atoms with Gasteiger partial charge in [0.1, 0.15) is 11.4 Å². The Labute approximate surface area is 165 Å². The Morgan fingerprint density at radius 1 is 0.923 bits per heavy atom. The highest BCUT2D eigenvalue weighted by Crippen LogP contribution is 2.38. The molecule has 0 radical (unpaired) electrons. The van der Waals surface area contributed by atoms with Crippen molar-refractivity contribution in [2.45, 2.75) is 0 Å². The van der Waals surface area contributed by atoms with Crippen molar-refractivity contribution in [1.29, 1.82) is 0 Å². The number of hydrogen-bond acceptors (Lipinski definition) is 3. The average Bonchev–Trinajstić information content (AvgIpc) is 3.31.